The molecule has 0 aliphatic rings. The normalized spacial score (nSPS) is 12.4. The first kappa shape index (κ1) is 13.9. The Bertz CT molecular complexity index is 613. The van der Waals surface area contributed by atoms with E-state index in [2.05, 4.69) is 9.97 Å². The maximum Gasteiger partial charge on any atom is 0.294 e. The number of aliphatic hydroxyl groups excluding tert-OH is 1. The van der Waals surface area contributed by atoms with E-state index < -0.39 is 11.0 Å². The monoisotopic (exact) mass is 297 g/mol. The van der Waals surface area contributed by atoms with Crippen LogP contribution in [-0.2, 0) is 0 Å². The second kappa shape index (κ2) is 5.64. The third kappa shape index (κ3) is 3.28. The molecular formula is C11H11N3O3S2. The first-order chi connectivity index (χ1) is 8.97. The molecule has 0 aromatic carbocycles. The minimum Gasteiger partial charge on any atom is -0.388 e. The van der Waals surface area contributed by atoms with Crippen LogP contribution in [0.3, 0.4) is 0 Å². The van der Waals surface area contributed by atoms with Crippen LogP contribution in [0.25, 0.3) is 0 Å². The lowest BCUT2D eigenvalue weighted by atomic mass is 10.3. The van der Waals surface area contributed by atoms with E-state index in [0.29, 0.717) is 14.2 Å². The van der Waals surface area contributed by atoms with Crippen LogP contribution < -0.4 is 0 Å². The van der Waals surface area contributed by atoms with Gasteiger partial charge in [0.1, 0.15) is 4.21 Å². The van der Waals surface area contributed by atoms with Gasteiger partial charge in [-0.2, -0.15) is 0 Å². The number of rotatable bonds is 4. The fraction of sp³-hybridized carbons (Fsp3) is 0.273. The van der Waals surface area contributed by atoms with Gasteiger partial charge in [0.2, 0.25) is 0 Å². The van der Waals surface area contributed by atoms with Gasteiger partial charge >= 0.3 is 0 Å². The molecule has 0 bridgehead atoms. The third-order valence-electron chi connectivity index (χ3n) is 2.26. The van der Waals surface area contributed by atoms with Crippen molar-refractivity contribution in [3.8, 4) is 0 Å². The zero-order chi connectivity index (χ0) is 14.0. The summed E-state index contributed by atoms with van der Waals surface area (Å²) in [5, 5.41) is 21.0. The summed E-state index contributed by atoms with van der Waals surface area (Å²) in [6.07, 6.45) is 0.885. The molecule has 0 aliphatic carbocycles. The topological polar surface area (TPSA) is 89.2 Å². The van der Waals surface area contributed by atoms with E-state index in [1.807, 2.05) is 6.92 Å². The number of thiophene rings is 1. The molecule has 19 heavy (non-hydrogen) atoms. The van der Waals surface area contributed by atoms with Gasteiger partial charge in [-0.05, 0) is 31.7 Å². The van der Waals surface area contributed by atoms with Crippen molar-refractivity contribution in [1.29, 1.82) is 0 Å². The van der Waals surface area contributed by atoms with Crippen LogP contribution in [0.5, 0.6) is 0 Å². The molecule has 2 heterocycles. The zero-order valence-electron chi connectivity index (χ0n) is 10.2. The summed E-state index contributed by atoms with van der Waals surface area (Å²) >= 11 is 2.33. The molecule has 0 radical (unpaired) electrons. The van der Waals surface area contributed by atoms with Gasteiger partial charge < -0.3 is 5.11 Å². The smallest absolute Gasteiger partial charge is 0.294 e. The molecule has 0 saturated carbocycles. The predicted octanol–water partition coefficient (Wildman–Crippen LogP) is 2.96. The maximum atomic E-state index is 11.0. The van der Waals surface area contributed by atoms with Crippen LogP contribution in [0.4, 0.5) is 5.69 Å². The largest absolute Gasteiger partial charge is 0.388 e. The van der Waals surface area contributed by atoms with E-state index in [1.165, 1.54) is 17.4 Å². The number of aryl methyl sites for hydroxylation is 1. The number of aromatic nitrogens is 2. The Morgan fingerprint density at radius 3 is 2.89 bits per heavy atom. The van der Waals surface area contributed by atoms with Crippen LogP contribution in [0.2, 0.25) is 0 Å². The van der Waals surface area contributed by atoms with E-state index in [-0.39, 0.29) is 5.69 Å². The molecule has 6 nitrogen and oxygen atoms in total. The Kier molecular flexibility index (Phi) is 4.13. The van der Waals surface area contributed by atoms with Crippen molar-refractivity contribution < 1.29 is 10.0 Å². The Morgan fingerprint density at radius 1 is 1.58 bits per heavy atom. The number of aliphatic hydroxyl groups is 1. The molecule has 0 aliphatic heterocycles. The van der Waals surface area contributed by atoms with Crippen molar-refractivity contribution in [2.24, 2.45) is 0 Å². The average molecular weight is 297 g/mol. The van der Waals surface area contributed by atoms with Crippen molar-refractivity contribution in [1.82, 2.24) is 9.97 Å². The molecule has 0 amide bonds. The third-order valence-corrected chi connectivity index (χ3v) is 4.63. The molecular weight excluding hydrogens is 286 g/mol. The van der Waals surface area contributed by atoms with Crippen LogP contribution in [0.1, 0.15) is 23.6 Å². The summed E-state index contributed by atoms with van der Waals surface area (Å²) in [5.74, 6) is 0. The first-order valence-electron chi connectivity index (χ1n) is 5.41. The van der Waals surface area contributed by atoms with E-state index in [4.69, 9.17) is 0 Å². The molecule has 0 spiro atoms. The van der Waals surface area contributed by atoms with Crippen LogP contribution >= 0.6 is 23.1 Å². The van der Waals surface area contributed by atoms with Gasteiger partial charge in [0.15, 0.2) is 5.16 Å². The Hall–Kier alpha value is -1.51. The van der Waals surface area contributed by atoms with Crippen LogP contribution in [0.15, 0.2) is 27.7 Å². The van der Waals surface area contributed by atoms with Gasteiger partial charge in [-0.15, -0.1) is 11.3 Å². The minimum atomic E-state index is -0.725. The molecule has 0 saturated heterocycles. The second-order valence-corrected chi connectivity index (χ2v) is 6.16. The highest BCUT2D eigenvalue weighted by Gasteiger charge is 2.22. The van der Waals surface area contributed by atoms with Crippen molar-refractivity contribution in [3.05, 3.63) is 39.0 Å². The van der Waals surface area contributed by atoms with Gasteiger partial charge in [0, 0.05) is 22.8 Å². The lowest BCUT2D eigenvalue weighted by Crippen LogP contribution is -1.90. The van der Waals surface area contributed by atoms with Crippen molar-refractivity contribution in [2.75, 3.05) is 0 Å². The Labute approximate surface area is 117 Å². The van der Waals surface area contributed by atoms with Crippen molar-refractivity contribution >= 4 is 28.8 Å². The van der Waals surface area contributed by atoms with Gasteiger partial charge in [-0.25, -0.2) is 9.97 Å². The molecule has 1 atom stereocenters. The Balaban J connectivity index is 2.36. The first-order valence-corrected chi connectivity index (χ1v) is 7.04. The summed E-state index contributed by atoms with van der Waals surface area (Å²) in [6.45, 7) is 3.41. The van der Waals surface area contributed by atoms with Crippen molar-refractivity contribution in [2.45, 2.75) is 29.3 Å². The lowest BCUT2D eigenvalue weighted by Gasteiger charge is -1.98. The summed E-state index contributed by atoms with van der Waals surface area (Å²) in [5.41, 5.74) is 0.781. The summed E-state index contributed by atoms with van der Waals surface area (Å²) in [4.78, 5) is 19.3. The molecule has 2 rings (SSSR count). The van der Waals surface area contributed by atoms with E-state index in [0.717, 1.165) is 17.5 Å². The van der Waals surface area contributed by atoms with Gasteiger partial charge in [-0.1, -0.05) is 0 Å². The zero-order valence-corrected chi connectivity index (χ0v) is 11.9. The number of hydrogen-bond acceptors (Lipinski definition) is 7. The average Bonchev–Trinajstić information content (AvgIpc) is 2.73. The quantitative estimate of drug-likeness (QED) is 0.530. The van der Waals surface area contributed by atoms with Gasteiger partial charge in [-0.3, -0.25) is 10.1 Å². The standard InChI is InChI=1S/C11H11N3O3S2/c1-6-3-4-12-11(13-6)19-10-8(14(16)17)5-9(18-10)7(2)15/h3-5,7,15H,1-2H3/t7-/m1/s1. The molecule has 1 N–H and O–H groups in total. The highest BCUT2D eigenvalue weighted by molar-refractivity contribution is 8.01. The van der Waals surface area contributed by atoms with Crippen LogP contribution in [0, 0.1) is 17.0 Å². The van der Waals surface area contributed by atoms with E-state index in [1.54, 1.807) is 19.2 Å². The SMILES string of the molecule is Cc1ccnc(Sc2sc([C@@H](C)O)cc2[N+](=O)[O-])n1. The van der Waals surface area contributed by atoms with Crippen LogP contribution in [-0.4, -0.2) is 20.0 Å². The molecule has 0 fully saturated rings. The molecule has 8 heteroatoms. The molecule has 2 aromatic heterocycles. The minimum absolute atomic E-state index is 0.0176. The van der Waals surface area contributed by atoms with Gasteiger partial charge in [0.05, 0.1) is 11.0 Å². The van der Waals surface area contributed by atoms with E-state index >= 15 is 0 Å². The van der Waals surface area contributed by atoms with Crippen molar-refractivity contribution in [3.63, 3.8) is 0 Å². The fourth-order valence-corrected chi connectivity index (χ4v) is 3.53. The maximum absolute atomic E-state index is 11.0. The number of nitro groups is 1. The fourth-order valence-electron chi connectivity index (χ4n) is 1.35. The number of hydrogen-bond donors (Lipinski definition) is 1. The summed E-state index contributed by atoms with van der Waals surface area (Å²) < 4.78 is 0.478. The molecule has 100 valence electrons. The van der Waals surface area contributed by atoms with Gasteiger partial charge in [0.25, 0.3) is 5.69 Å². The Morgan fingerprint density at radius 2 is 2.32 bits per heavy atom. The predicted molar refractivity (Wildman–Crippen MR) is 72.5 cm³/mol. The summed E-state index contributed by atoms with van der Waals surface area (Å²) in [6, 6.07) is 3.15. The second-order valence-electron chi connectivity index (χ2n) is 3.84. The highest BCUT2D eigenvalue weighted by Crippen LogP contribution is 2.41. The lowest BCUT2D eigenvalue weighted by molar-refractivity contribution is -0.387. The highest BCUT2D eigenvalue weighted by atomic mass is 32.2. The summed E-state index contributed by atoms with van der Waals surface area (Å²) in [7, 11) is 0. The molecule has 2 aromatic rings. The van der Waals surface area contributed by atoms with E-state index in [9.17, 15) is 15.2 Å². The number of nitrogens with zero attached hydrogens (tertiary/aromatic N) is 3. The molecule has 0 unspecified atom stereocenters.